The number of piperazine rings is 1. The van der Waals surface area contributed by atoms with E-state index >= 15 is 0 Å². The Bertz CT molecular complexity index is 734. The van der Waals surface area contributed by atoms with Crippen molar-refractivity contribution in [1.29, 1.82) is 0 Å². The summed E-state index contributed by atoms with van der Waals surface area (Å²) >= 11 is 0. The molecule has 3 N–H and O–H groups in total. The van der Waals surface area contributed by atoms with Crippen LogP contribution in [0, 0.1) is 6.92 Å². The fourth-order valence-corrected chi connectivity index (χ4v) is 3.27. The van der Waals surface area contributed by atoms with Gasteiger partial charge in [0, 0.05) is 38.4 Å². The standard InChI is InChI=1S/C20H28N4O2.3ClH/c1-16-4-2-5-18(12-16)24-10-8-23(9-11-24)7-3-6-22-20(25)17-13-19(14-21)26-15-17;;;/h2,4-5,12-13,15H,3,6-11,14,21H2,1H3,(H,22,25);3*1H. The Kier molecular flexibility index (Phi) is 13.0. The fourth-order valence-electron chi connectivity index (χ4n) is 3.27. The lowest BCUT2D eigenvalue weighted by atomic mass is 10.2. The molecule has 1 fully saturated rings. The number of carbonyl (C=O) groups excluding carboxylic acids is 1. The zero-order chi connectivity index (χ0) is 18.4. The van der Waals surface area contributed by atoms with E-state index in [1.807, 2.05) is 0 Å². The van der Waals surface area contributed by atoms with E-state index in [-0.39, 0.29) is 43.1 Å². The van der Waals surface area contributed by atoms with Gasteiger partial charge in [0.15, 0.2) is 0 Å². The maximum Gasteiger partial charge on any atom is 0.254 e. The largest absolute Gasteiger partial charge is 0.467 e. The van der Waals surface area contributed by atoms with Crippen molar-refractivity contribution < 1.29 is 9.21 Å². The normalized spacial score (nSPS) is 13.7. The van der Waals surface area contributed by atoms with E-state index in [1.165, 1.54) is 17.5 Å². The lowest BCUT2D eigenvalue weighted by Crippen LogP contribution is -2.47. The molecule has 9 heteroatoms. The number of furan rings is 1. The molecule has 1 amide bonds. The van der Waals surface area contributed by atoms with Gasteiger partial charge in [0.1, 0.15) is 12.0 Å². The minimum atomic E-state index is -0.0993. The van der Waals surface area contributed by atoms with Crippen LogP contribution in [0.2, 0.25) is 0 Å². The predicted octanol–water partition coefficient (Wildman–Crippen LogP) is 3.25. The van der Waals surface area contributed by atoms with Gasteiger partial charge in [-0.25, -0.2) is 0 Å². The average molecular weight is 466 g/mol. The van der Waals surface area contributed by atoms with Crippen molar-refractivity contribution in [2.75, 3.05) is 44.2 Å². The van der Waals surface area contributed by atoms with Gasteiger partial charge in [0.25, 0.3) is 5.91 Å². The number of amides is 1. The molecule has 0 unspecified atom stereocenters. The first-order valence-corrected chi connectivity index (χ1v) is 9.25. The van der Waals surface area contributed by atoms with Gasteiger partial charge in [-0.2, -0.15) is 0 Å². The first-order valence-electron chi connectivity index (χ1n) is 9.25. The van der Waals surface area contributed by atoms with Gasteiger partial charge in [0.2, 0.25) is 0 Å². The van der Waals surface area contributed by atoms with Gasteiger partial charge in [-0.1, -0.05) is 12.1 Å². The molecule has 164 valence electrons. The van der Waals surface area contributed by atoms with Gasteiger partial charge in [-0.05, 0) is 43.7 Å². The number of nitrogens with one attached hydrogen (secondary N) is 1. The number of hydrogen-bond donors (Lipinski definition) is 2. The third-order valence-corrected chi connectivity index (χ3v) is 4.79. The molecule has 1 saturated heterocycles. The van der Waals surface area contributed by atoms with Crippen molar-refractivity contribution in [3.63, 3.8) is 0 Å². The van der Waals surface area contributed by atoms with E-state index in [1.54, 1.807) is 6.07 Å². The summed E-state index contributed by atoms with van der Waals surface area (Å²) < 4.78 is 5.19. The topological polar surface area (TPSA) is 74.7 Å². The van der Waals surface area contributed by atoms with E-state index in [0.717, 1.165) is 39.1 Å². The number of halogens is 3. The monoisotopic (exact) mass is 464 g/mol. The van der Waals surface area contributed by atoms with Crippen LogP contribution >= 0.6 is 37.2 Å². The van der Waals surface area contributed by atoms with Crippen LogP contribution in [0.3, 0.4) is 0 Å². The molecule has 0 bridgehead atoms. The van der Waals surface area contributed by atoms with Crippen LogP contribution in [0.4, 0.5) is 5.69 Å². The Hall–Kier alpha value is -1.44. The maximum atomic E-state index is 12.0. The Morgan fingerprint density at radius 3 is 2.48 bits per heavy atom. The zero-order valence-corrected chi connectivity index (χ0v) is 19.1. The minimum Gasteiger partial charge on any atom is -0.467 e. The fraction of sp³-hybridized carbons (Fsp3) is 0.450. The highest BCUT2D eigenvalue weighted by Crippen LogP contribution is 2.17. The van der Waals surface area contributed by atoms with Gasteiger partial charge in [-0.3, -0.25) is 9.69 Å². The molecule has 1 aliphatic rings. The summed E-state index contributed by atoms with van der Waals surface area (Å²) in [6.07, 6.45) is 2.40. The Labute approximate surface area is 191 Å². The molecule has 3 rings (SSSR count). The second kappa shape index (κ2) is 13.7. The third kappa shape index (κ3) is 8.07. The second-order valence-electron chi connectivity index (χ2n) is 6.78. The van der Waals surface area contributed by atoms with Crippen LogP contribution in [0.5, 0.6) is 0 Å². The number of carbonyl (C=O) groups is 1. The van der Waals surface area contributed by atoms with E-state index in [9.17, 15) is 4.79 Å². The van der Waals surface area contributed by atoms with Crippen molar-refractivity contribution in [3.05, 3.63) is 53.5 Å². The molecular weight excluding hydrogens is 435 g/mol. The highest BCUT2D eigenvalue weighted by Gasteiger charge is 2.17. The summed E-state index contributed by atoms with van der Waals surface area (Å²) in [5.74, 6) is 0.527. The minimum absolute atomic E-state index is 0. The quantitative estimate of drug-likeness (QED) is 0.614. The summed E-state index contributed by atoms with van der Waals surface area (Å²) in [5.41, 5.74) is 8.64. The number of anilines is 1. The van der Waals surface area contributed by atoms with Crippen molar-refractivity contribution >= 4 is 48.8 Å². The van der Waals surface area contributed by atoms with Crippen LogP contribution < -0.4 is 16.0 Å². The third-order valence-electron chi connectivity index (χ3n) is 4.79. The molecule has 0 aliphatic carbocycles. The number of aryl methyl sites for hydroxylation is 1. The first-order chi connectivity index (χ1) is 12.7. The van der Waals surface area contributed by atoms with E-state index in [2.05, 4.69) is 46.3 Å². The van der Waals surface area contributed by atoms with Crippen molar-refractivity contribution in [2.45, 2.75) is 19.9 Å². The first kappa shape index (κ1) is 27.6. The molecule has 0 radical (unpaired) electrons. The maximum absolute atomic E-state index is 12.0. The van der Waals surface area contributed by atoms with Crippen LogP contribution in [0.1, 0.15) is 28.1 Å². The van der Waals surface area contributed by atoms with Crippen molar-refractivity contribution in [1.82, 2.24) is 10.2 Å². The highest BCUT2D eigenvalue weighted by molar-refractivity contribution is 5.93. The molecule has 6 nitrogen and oxygen atoms in total. The molecule has 1 aromatic heterocycles. The molecule has 1 aromatic carbocycles. The Morgan fingerprint density at radius 1 is 1.14 bits per heavy atom. The Balaban J connectivity index is 0.00000261. The summed E-state index contributed by atoms with van der Waals surface area (Å²) in [4.78, 5) is 16.9. The summed E-state index contributed by atoms with van der Waals surface area (Å²) in [6, 6.07) is 10.4. The highest BCUT2D eigenvalue weighted by atomic mass is 35.5. The molecular formula is C20H31Cl3N4O2. The van der Waals surface area contributed by atoms with Crippen LogP contribution in [-0.4, -0.2) is 50.1 Å². The smallest absolute Gasteiger partial charge is 0.254 e. The summed E-state index contributed by atoms with van der Waals surface area (Å²) in [6.45, 7) is 8.32. The van der Waals surface area contributed by atoms with Crippen molar-refractivity contribution in [3.8, 4) is 0 Å². The molecule has 2 heterocycles. The molecule has 29 heavy (non-hydrogen) atoms. The van der Waals surface area contributed by atoms with Gasteiger partial charge < -0.3 is 20.4 Å². The molecule has 0 saturated carbocycles. The molecule has 0 spiro atoms. The van der Waals surface area contributed by atoms with Gasteiger partial charge in [0.05, 0.1) is 12.1 Å². The number of nitrogens with zero attached hydrogens (tertiary/aromatic N) is 2. The van der Waals surface area contributed by atoms with E-state index in [4.69, 9.17) is 10.2 Å². The SMILES string of the molecule is Cc1cccc(N2CCN(CCCNC(=O)c3coc(CN)c3)CC2)c1.Cl.Cl.Cl. The lowest BCUT2D eigenvalue weighted by molar-refractivity contribution is 0.0951. The summed E-state index contributed by atoms with van der Waals surface area (Å²) in [7, 11) is 0. The predicted molar refractivity (Wildman–Crippen MR) is 125 cm³/mol. The van der Waals surface area contributed by atoms with E-state index in [0.29, 0.717) is 24.4 Å². The number of nitrogens with two attached hydrogens (primary N) is 1. The van der Waals surface area contributed by atoms with Crippen LogP contribution in [0.15, 0.2) is 41.0 Å². The molecule has 0 atom stereocenters. The van der Waals surface area contributed by atoms with Gasteiger partial charge in [-0.15, -0.1) is 37.2 Å². The van der Waals surface area contributed by atoms with Crippen LogP contribution in [-0.2, 0) is 6.54 Å². The summed E-state index contributed by atoms with van der Waals surface area (Å²) in [5, 5.41) is 2.94. The zero-order valence-electron chi connectivity index (χ0n) is 16.6. The second-order valence-corrected chi connectivity index (χ2v) is 6.78. The Morgan fingerprint density at radius 2 is 1.86 bits per heavy atom. The van der Waals surface area contributed by atoms with E-state index < -0.39 is 0 Å². The van der Waals surface area contributed by atoms with Gasteiger partial charge >= 0.3 is 0 Å². The average Bonchev–Trinajstić information content (AvgIpc) is 3.15. The number of hydrogen-bond acceptors (Lipinski definition) is 5. The number of rotatable bonds is 7. The lowest BCUT2D eigenvalue weighted by Gasteiger charge is -2.36. The number of benzene rings is 1. The van der Waals surface area contributed by atoms with Crippen molar-refractivity contribution in [2.24, 2.45) is 5.73 Å². The van der Waals surface area contributed by atoms with Crippen LogP contribution in [0.25, 0.3) is 0 Å². The molecule has 1 aliphatic heterocycles. The molecule has 2 aromatic rings.